The number of nitrogens with zero attached hydrogens (tertiary/aromatic N) is 1. The second-order valence-corrected chi connectivity index (χ2v) is 8.23. The van der Waals surface area contributed by atoms with Gasteiger partial charge < -0.3 is 14.8 Å². The first kappa shape index (κ1) is 21.6. The highest BCUT2D eigenvalue weighted by atomic mass is 35.5. The van der Waals surface area contributed by atoms with E-state index >= 15 is 0 Å². The summed E-state index contributed by atoms with van der Waals surface area (Å²) in [4.78, 5) is 13.7. The van der Waals surface area contributed by atoms with Gasteiger partial charge in [-0.3, -0.25) is 9.69 Å². The molecule has 0 amide bonds. The van der Waals surface area contributed by atoms with E-state index in [-0.39, 0.29) is 6.04 Å². The molecule has 1 aliphatic rings. The van der Waals surface area contributed by atoms with Gasteiger partial charge in [-0.2, -0.15) is 0 Å². The average molecular weight is 417 g/mol. The second-order valence-electron chi connectivity index (χ2n) is 7.83. The average Bonchev–Trinajstić information content (AvgIpc) is 3.10. The molecular weight excluding hydrogens is 388 g/mol. The third kappa shape index (κ3) is 5.72. The molecule has 2 aromatic rings. The van der Waals surface area contributed by atoms with Crippen molar-refractivity contribution < 1.29 is 14.3 Å². The van der Waals surface area contributed by atoms with Gasteiger partial charge >= 0.3 is 0 Å². The van der Waals surface area contributed by atoms with E-state index in [9.17, 15) is 4.79 Å². The number of methoxy groups -OCH3 is 1. The number of hydrogen-bond donors (Lipinski definition) is 1. The molecule has 1 heterocycles. The predicted molar refractivity (Wildman–Crippen MR) is 117 cm³/mol. The van der Waals surface area contributed by atoms with E-state index in [4.69, 9.17) is 21.1 Å². The first-order valence-electron chi connectivity index (χ1n) is 9.98. The van der Waals surface area contributed by atoms with Gasteiger partial charge in [0.05, 0.1) is 24.4 Å². The van der Waals surface area contributed by atoms with E-state index in [1.54, 1.807) is 7.11 Å². The first-order chi connectivity index (χ1) is 14.0. The monoisotopic (exact) mass is 416 g/mol. The number of halogens is 1. The Labute approximate surface area is 177 Å². The molecule has 3 rings (SSSR count). The van der Waals surface area contributed by atoms with Crippen LogP contribution in [-0.4, -0.2) is 43.7 Å². The summed E-state index contributed by atoms with van der Waals surface area (Å²) in [6.07, 6.45) is 1.16. The maximum Gasteiger partial charge on any atom is 0.167 e. The molecule has 0 aliphatic carbocycles. The molecule has 0 radical (unpaired) electrons. The number of benzene rings is 2. The van der Waals surface area contributed by atoms with Gasteiger partial charge in [0.2, 0.25) is 0 Å². The van der Waals surface area contributed by atoms with Crippen molar-refractivity contribution in [1.82, 2.24) is 4.90 Å². The Morgan fingerprint density at radius 3 is 2.62 bits per heavy atom. The van der Waals surface area contributed by atoms with Gasteiger partial charge in [0.1, 0.15) is 5.75 Å². The summed E-state index contributed by atoms with van der Waals surface area (Å²) >= 11 is 6.35. The summed E-state index contributed by atoms with van der Waals surface area (Å²) in [6, 6.07) is 14.1. The summed E-state index contributed by atoms with van der Waals surface area (Å²) in [5.41, 5.74) is 3.21. The van der Waals surface area contributed by atoms with Gasteiger partial charge in [0, 0.05) is 19.1 Å². The molecule has 1 aliphatic heterocycles. The Balaban J connectivity index is 1.73. The summed E-state index contributed by atoms with van der Waals surface area (Å²) in [6.45, 7) is 6.32. The standard InChI is InChI=1S/C23H29ClN2O3/c1-16(2)12-25-22-11-18(6-9-21(22)24)13-26-19(15-29-23(26)14-27)10-17-4-7-20(28-3)8-5-17/h4-9,11,14,16,19,23,25H,10,12-13,15H2,1-3H3/t19-,23?/m0/s1. The number of carbonyl (C=O) groups excluding carboxylic acids is 1. The molecule has 6 heteroatoms. The van der Waals surface area contributed by atoms with E-state index in [0.29, 0.717) is 24.1 Å². The zero-order valence-electron chi connectivity index (χ0n) is 17.2. The van der Waals surface area contributed by atoms with Crippen LogP contribution < -0.4 is 10.1 Å². The number of aldehydes is 1. The molecule has 1 fully saturated rings. The molecule has 0 spiro atoms. The van der Waals surface area contributed by atoms with Crippen molar-refractivity contribution in [3.8, 4) is 5.75 Å². The van der Waals surface area contributed by atoms with Gasteiger partial charge in [-0.1, -0.05) is 43.6 Å². The zero-order valence-corrected chi connectivity index (χ0v) is 18.0. The summed E-state index contributed by atoms with van der Waals surface area (Å²) in [5, 5.41) is 4.10. The lowest BCUT2D eigenvalue weighted by Crippen LogP contribution is -2.38. The minimum absolute atomic E-state index is 0.126. The van der Waals surface area contributed by atoms with E-state index < -0.39 is 6.23 Å². The largest absolute Gasteiger partial charge is 0.497 e. The quantitative estimate of drug-likeness (QED) is 0.614. The summed E-state index contributed by atoms with van der Waals surface area (Å²) in [7, 11) is 1.66. The van der Waals surface area contributed by atoms with Crippen LogP contribution in [0.4, 0.5) is 5.69 Å². The van der Waals surface area contributed by atoms with Gasteiger partial charge in [0.25, 0.3) is 0 Å². The van der Waals surface area contributed by atoms with Crippen LogP contribution >= 0.6 is 11.6 Å². The van der Waals surface area contributed by atoms with Crippen molar-refractivity contribution in [3.05, 3.63) is 58.6 Å². The summed E-state index contributed by atoms with van der Waals surface area (Å²) in [5.74, 6) is 1.36. The minimum atomic E-state index is -0.527. The number of rotatable bonds is 9. The van der Waals surface area contributed by atoms with Crippen molar-refractivity contribution in [1.29, 1.82) is 0 Å². The molecule has 1 unspecified atom stereocenters. The molecule has 2 aromatic carbocycles. The Morgan fingerprint density at radius 1 is 1.24 bits per heavy atom. The first-order valence-corrected chi connectivity index (χ1v) is 10.4. The van der Waals surface area contributed by atoms with Crippen LogP contribution in [0.25, 0.3) is 0 Å². The molecule has 5 nitrogen and oxygen atoms in total. The van der Waals surface area contributed by atoms with Crippen LogP contribution in [0.2, 0.25) is 5.02 Å². The van der Waals surface area contributed by atoms with E-state index in [2.05, 4.69) is 42.3 Å². The highest BCUT2D eigenvalue weighted by Crippen LogP contribution is 2.27. The second kappa shape index (κ2) is 10.1. The minimum Gasteiger partial charge on any atom is -0.497 e. The fourth-order valence-electron chi connectivity index (χ4n) is 3.49. The third-order valence-electron chi connectivity index (χ3n) is 5.10. The number of anilines is 1. The highest BCUT2D eigenvalue weighted by Gasteiger charge is 2.34. The molecule has 0 bridgehead atoms. The molecule has 156 valence electrons. The molecule has 0 aromatic heterocycles. The molecule has 1 saturated heterocycles. The maximum atomic E-state index is 11.6. The van der Waals surface area contributed by atoms with Crippen molar-refractivity contribution in [3.63, 3.8) is 0 Å². The number of ether oxygens (including phenoxy) is 2. The van der Waals surface area contributed by atoms with Gasteiger partial charge in [-0.15, -0.1) is 0 Å². The number of hydrogen-bond acceptors (Lipinski definition) is 5. The Hall–Kier alpha value is -2.08. The fraction of sp³-hybridized carbons (Fsp3) is 0.435. The van der Waals surface area contributed by atoms with Crippen molar-refractivity contribution in [2.24, 2.45) is 5.92 Å². The van der Waals surface area contributed by atoms with Crippen LogP contribution in [0.1, 0.15) is 25.0 Å². The van der Waals surface area contributed by atoms with Crippen molar-refractivity contribution in [2.75, 3.05) is 25.6 Å². The van der Waals surface area contributed by atoms with E-state index in [1.807, 2.05) is 24.3 Å². The zero-order chi connectivity index (χ0) is 20.8. The lowest BCUT2D eigenvalue weighted by atomic mass is 10.0. The summed E-state index contributed by atoms with van der Waals surface area (Å²) < 4.78 is 11.0. The van der Waals surface area contributed by atoms with Crippen molar-refractivity contribution in [2.45, 2.75) is 39.1 Å². The third-order valence-corrected chi connectivity index (χ3v) is 5.43. The topological polar surface area (TPSA) is 50.8 Å². The van der Waals surface area contributed by atoms with Crippen molar-refractivity contribution >= 4 is 23.6 Å². The van der Waals surface area contributed by atoms with Gasteiger partial charge in [0.15, 0.2) is 12.5 Å². The van der Waals surface area contributed by atoms with Gasteiger partial charge in [-0.05, 0) is 47.7 Å². The molecule has 2 atom stereocenters. The van der Waals surface area contributed by atoms with Crippen LogP contribution in [0.5, 0.6) is 5.75 Å². The maximum absolute atomic E-state index is 11.6. The molecule has 0 saturated carbocycles. The SMILES string of the molecule is COc1ccc(C[C@H]2COC(C=O)N2Cc2ccc(Cl)c(NCC(C)C)c2)cc1. The van der Waals surface area contributed by atoms with Crippen LogP contribution in [0, 0.1) is 5.92 Å². The Bertz CT molecular complexity index is 810. The van der Waals surface area contributed by atoms with E-state index in [0.717, 1.165) is 36.3 Å². The molecule has 1 N–H and O–H groups in total. The van der Waals surface area contributed by atoms with Gasteiger partial charge in [-0.25, -0.2) is 0 Å². The predicted octanol–water partition coefficient (Wildman–Crippen LogP) is 4.39. The lowest BCUT2D eigenvalue weighted by molar-refractivity contribution is -0.122. The van der Waals surface area contributed by atoms with E-state index in [1.165, 1.54) is 5.56 Å². The normalized spacial score (nSPS) is 19.5. The Kier molecular flexibility index (Phi) is 7.53. The fourth-order valence-corrected chi connectivity index (χ4v) is 3.67. The smallest absolute Gasteiger partial charge is 0.167 e. The van der Waals surface area contributed by atoms with Crippen LogP contribution in [0.3, 0.4) is 0 Å². The number of nitrogens with one attached hydrogen (secondary N) is 1. The Morgan fingerprint density at radius 2 is 1.97 bits per heavy atom. The lowest BCUT2D eigenvalue weighted by Gasteiger charge is -2.26. The number of carbonyl (C=O) groups is 1. The molecular formula is C23H29ClN2O3. The highest BCUT2D eigenvalue weighted by molar-refractivity contribution is 6.33. The molecule has 29 heavy (non-hydrogen) atoms. The van der Waals surface area contributed by atoms with Crippen LogP contribution in [0.15, 0.2) is 42.5 Å². The van der Waals surface area contributed by atoms with Crippen LogP contribution in [-0.2, 0) is 22.5 Å².